The van der Waals surface area contributed by atoms with E-state index in [1.807, 2.05) is 0 Å². The van der Waals surface area contributed by atoms with Gasteiger partial charge in [-0.05, 0) is 93.0 Å². The quantitative estimate of drug-likeness (QED) is 0.162. The second kappa shape index (κ2) is 13.2. The normalized spacial score (nSPS) is 11.6. The average molecular weight is 713 g/mol. The largest absolute Gasteiger partial charge is 0.309 e. The smallest absolute Gasteiger partial charge is 0.0547 e. The van der Waals surface area contributed by atoms with Crippen LogP contribution in [0.1, 0.15) is 0 Å². The highest BCUT2D eigenvalue weighted by molar-refractivity contribution is 6.19. The molecule has 262 valence electrons. The van der Waals surface area contributed by atoms with Crippen molar-refractivity contribution in [3.05, 3.63) is 218 Å². The molecule has 0 atom stereocenters. The number of nitrogens with zero attached hydrogens (tertiary/aromatic N) is 2. The van der Waals surface area contributed by atoms with E-state index in [0.717, 1.165) is 11.4 Å². The fourth-order valence-corrected chi connectivity index (χ4v) is 8.78. The molecule has 0 amide bonds. The van der Waals surface area contributed by atoms with E-state index in [-0.39, 0.29) is 0 Å². The van der Waals surface area contributed by atoms with Gasteiger partial charge in [-0.2, -0.15) is 0 Å². The van der Waals surface area contributed by atoms with Crippen LogP contribution >= 0.6 is 0 Å². The van der Waals surface area contributed by atoms with Gasteiger partial charge >= 0.3 is 0 Å². The van der Waals surface area contributed by atoms with Gasteiger partial charge in [-0.15, -0.1) is 0 Å². The zero-order valence-corrected chi connectivity index (χ0v) is 30.7. The fourth-order valence-electron chi connectivity index (χ4n) is 8.78. The van der Waals surface area contributed by atoms with Crippen molar-refractivity contribution < 1.29 is 0 Å². The second-order valence-electron chi connectivity index (χ2n) is 14.5. The Bertz CT molecular complexity index is 3190. The molecule has 0 bridgehead atoms. The van der Waals surface area contributed by atoms with Gasteiger partial charge < -0.3 is 9.13 Å². The summed E-state index contributed by atoms with van der Waals surface area (Å²) in [6.45, 7) is 0. The Balaban J connectivity index is 1.13. The second-order valence-corrected chi connectivity index (χ2v) is 14.5. The third kappa shape index (κ3) is 5.19. The van der Waals surface area contributed by atoms with E-state index in [0.29, 0.717) is 0 Å². The Morgan fingerprint density at radius 3 is 1.18 bits per heavy atom. The first-order valence-electron chi connectivity index (χ1n) is 19.3. The predicted molar refractivity (Wildman–Crippen MR) is 237 cm³/mol. The summed E-state index contributed by atoms with van der Waals surface area (Å²) in [4.78, 5) is 0. The number of para-hydroxylation sites is 1. The molecule has 2 nitrogen and oxygen atoms in total. The Morgan fingerprint density at radius 2 is 0.625 bits per heavy atom. The molecule has 0 aliphatic heterocycles. The first kappa shape index (κ1) is 32.0. The molecule has 0 aliphatic rings. The van der Waals surface area contributed by atoms with Crippen LogP contribution in [0.15, 0.2) is 218 Å². The standard InChI is InChI=1S/C54H36N2/c1-4-14-37(15-5-1)39-26-31-43(32-27-39)55-49-23-11-10-20-47(49)54-46(22-13-24-50(54)55)42-30-35-48-52(36-42)56(44-33-28-40(29-34-44)38-16-6-2-7-17-38)51-25-12-21-45(53(48)51)41-18-8-3-9-19-41/h1-36H. The van der Waals surface area contributed by atoms with Crippen LogP contribution in [0.3, 0.4) is 0 Å². The van der Waals surface area contributed by atoms with Crippen LogP contribution in [0.25, 0.3) is 99.5 Å². The molecule has 0 saturated heterocycles. The first-order chi connectivity index (χ1) is 27.8. The zero-order chi connectivity index (χ0) is 37.0. The van der Waals surface area contributed by atoms with Gasteiger partial charge in [0.15, 0.2) is 0 Å². The molecule has 2 aromatic heterocycles. The van der Waals surface area contributed by atoms with E-state index in [1.165, 1.54) is 88.1 Å². The molecule has 0 saturated carbocycles. The zero-order valence-electron chi connectivity index (χ0n) is 30.7. The predicted octanol–water partition coefficient (Wildman–Crippen LogP) is 14.5. The Morgan fingerprint density at radius 1 is 0.232 bits per heavy atom. The maximum atomic E-state index is 2.45. The van der Waals surface area contributed by atoms with E-state index in [1.54, 1.807) is 0 Å². The van der Waals surface area contributed by atoms with Gasteiger partial charge in [-0.25, -0.2) is 0 Å². The Hall–Kier alpha value is -7.42. The minimum atomic E-state index is 1.14. The van der Waals surface area contributed by atoms with E-state index >= 15 is 0 Å². The summed E-state index contributed by atoms with van der Waals surface area (Å²) in [7, 11) is 0. The Labute approximate surface area is 325 Å². The van der Waals surface area contributed by atoms with Gasteiger partial charge in [0.1, 0.15) is 0 Å². The molecule has 0 radical (unpaired) electrons. The topological polar surface area (TPSA) is 9.86 Å². The van der Waals surface area contributed by atoms with Crippen molar-refractivity contribution in [1.29, 1.82) is 0 Å². The monoisotopic (exact) mass is 712 g/mol. The first-order valence-corrected chi connectivity index (χ1v) is 19.3. The van der Waals surface area contributed by atoms with Crippen LogP contribution in [0.2, 0.25) is 0 Å². The highest BCUT2D eigenvalue weighted by Gasteiger charge is 2.20. The molecule has 11 aromatic rings. The highest BCUT2D eigenvalue weighted by Crippen LogP contribution is 2.43. The number of rotatable bonds is 6. The molecule has 0 N–H and O–H groups in total. The van der Waals surface area contributed by atoms with Crippen molar-refractivity contribution in [3.8, 4) is 55.9 Å². The molecule has 2 heterocycles. The molecule has 0 fully saturated rings. The van der Waals surface area contributed by atoms with Gasteiger partial charge in [0.05, 0.1) is 22.1 Å². The molecular weight excluding hydrogens is 677 g/mol. The lowest BCUT2D eigenvalue weighted by Crippen LogP contribution is -1.94. The molecule has 11 rings (SSSR count). The van der Waals surface area contributed by atoms with Crippen LogP contribution in [-0.2, 0) is 0 Å². The van der Waals surface area contributed by atoms with E-state index in [4.69, 9.17) is 0 Å². The number of aromatic nitrogens is 2. The van der Waals surface area contributed by atoms with Crippen molar-refractivity contribution in [2.75, 3.05) is 0 Å². The van der Waals surface area contributed by atoms with Crippen LogP contribution in [0, 0.1) is 0 Å². The van der Waals surface area contributed by atoms with Crippen LogP contribution in [0.5, 0.6) is 0 Å². The maximum absolute atomic E-state index is 2.45. The van der Waals surface area contributed by atoms with Gasteiger partial charge in [-0.1, -0.05) is 170 Å². The van der Waals surface area contributed by atoms with Crippen LogP contribution < -0.4 is 0 Å². The van der Waals surface area contributed by atoms with Crippen molar-refractivity contribution in [1.82, 2.24) is 9.13 Å². The van der Waals surface area contributed by atoms with Crippen LogP contribution in [0.4, 0.5) is 0 Å². The number of benzene rings is 9. The average Bonchev–Trinajstić information content (AvgIpc) is 3.80. The van der Waals surface area contributed by atoms with Gasteiger partial charge in [0.25, 0.3) is 0 Å². The van der Waals surface area contributed by atoms with Crippen LogP contribution in [-0.4, -0.2) is 9.13 Å². The van der Waals surface area contributed by atoms with E-state index < -0.39 is 0 Å². The SMILES string of the molecule is c1ccc(-c2ccc(-n3c4ccccc4c4c(-c5ccc6c7c(-c8ccccc8)cccc7n(-c7ccc(-c8ccccc8)cc7)c6c5)cccc43)cc2)cc1. The minimum absolute atomic E-state index is 1.14. The third-order valence-electron chi connectivity index (χ3n) is 11.4. The lowest BCUT2D eigenvalue weighted by molar-refractivity contribution is 1.18. The molecule has 0 spiro atoms. The summed E-state index contributed by atoms with van der Waals surface area (Å²) in [5.41, 5.74) is 16.8. The lowest BCUT2D eigenvalue weighted by Gasteiger charge is -2.12. The number of fused-ring (bicyclic) bond motifs is 6. The van der Waals surface area contributed by atoms with Crippen molar-refractivity contribution >= 4 is 43.6 Å². The fraction of sp³-hybridized carbons (Fsp3) is 0. The van der Waals surface area contributed by atoms with Crippen molar-refractivity contribution in [2.24, 2.45) is 0 Å². The van der Waals surface area contributed by atoms with Crippen molar-refractivity contribution in [2.45, 2.75) is 0 Å². The summed E-state index contributed by atoms with van der Waals surface area (Å²) in [6.07, 6.45) is 0. The van der Waals surface area contributed by atoms with Gasteiger partial charge in [0, 0.05) is 32.9 Å². The highest BCUT2D eigenvalue weighted by atomic mass is 15.0. The molecular formula is C54H36N2. The summed E-state index contributed by atoms with van der Waals surface area (Å²) >= 11 is 0. The van der Waals surface area contributed by atoms with Gasteiger partial charge in [-0.3, -0.25) is 0 Å². The van der Waals surface area contributed by atoms with Gasteiger partial charge in [0.2, 0.25) is 0 Å². The number of hydrogen-bond donors (Lipinski definition) is 0. The maximum Gasteiger partial charge on any atom is 0.0547 e. The van der Waals surface area contributed by atoms with Crippen molar-refractivity contribution in [3.63, 3.8) is 0 Å². The van der Waals surface area contributed by atoms with E-state index in [2.05, 4.69) is 228 Å². The lowest BCUT2D eigenvalue weighted by atomic mass is 9.96. The summed E-state index contributed by atoms with van der Waals surface area (Å²) in [6, 6.07) is 79.3. The molecule has 2 heteroatoms. The molecule has 9 aromatic carbocycles. The van der Waals surface area contributed by atoms with E-state index in [9.17, 15) is 0 Å². The molecule has 0 aliphatic carbocycles. The number of hydrogen-bond acceptors (Lipinski definition) is 0. The summed E-state index contributed by atoms with van der Waals surface area (Å²) in [5, 5.41) is 5.01. The Kier molecular flexibility index (Phi) is 7.53. The molecule has 0 unspecified atom stereocenters. The summed E-state index contributed by atoms with van der Waals surface area (Å²) in [5.74, 6) is 0. The third-order valence-corrected chi connectivity index (χ3v) is 11.4. The minimum Gasteiger partial charge on any atom is -0.309 e. The summed E-state index contributed by atoms with van der Waals surface area (Å²) < 4.78 is 4.87. The molecule has 56 heavy (non-hydrogen) atoms.